The van der Waals surface area contributed by atoms with Gasteiger partial charge in [-0.1, -0.05) is 77.3 Å². The number of allylic oxidation sites excluding steroid dienone is 2. The number of nitrogens with one attached hydrogen (secondary N) is 3. The largest absolute Gasteiger partial charge is 0.456 e. The Morgan fingerprint density at radius 2 is 1.88 bits per heavy atom. The highest BCUT2D eigenvalue weighted by atomic mass is 32.2. The minimum atomic E-state index is -1.07. The molecule has 0 aromatic carbocycles. The molecule has 0 unspecified atom stereocenters. The van der Waals surface area contributed by atoms with Crippen LogP contribution in [0, 0.1) is 5.41 Å². The van der Waals surface area contributed by atoms with Gasteiger partial charge in [0.15, 0.2) is 5.12 Å². The number of ether oxygens (including phenoxy) is 1. The lowest BCUT2D eigenvalue weighted by molar-refractivity contribution is -0.154. The normalized spacial score (nSPS) is 20.3. The maximum Gasteiger partial charge on any atom is 0.329 e. The minimum Gasteiger partial charge on any atom is -0.456 e. The quantitative estimate of drug-likeness (QED) is 0.146. The Morgan fingerprint density at radius 1 is 1.14 bits per heavy atom. The molecule has 0 spiro atoms. The molecule has 2 heterocycles. The molecule has 232 valence electrons. The molecule has 42 heavy (non-hydrogen) atoms. The van der Waals surface area contributed by atoms with Gasteiger partial charge in [0.05, 0.1) is 13.0 Å². The van der Waals surface area contributed by atoms with E-state index in [1.165, 1.54) is 42.0 Å². The van der Waals surface area contributed by atoms with Crippen molar-refractivity contribution < 1.29 is 28.7 Å². The zero-order chi connectivity index (χ0) is 31.1. The zero-order valence-electron chi connectivity index (χ0n) is 25.2. The second kappa shape index (κ2) is 17.8. The van der Waals surface area contributed by atoms with Crippen molar-refractivity contribution in [1.82, 2.24) is 20.9 Å². The number of thioether (sulfide) groups is 1. The van der Waals surface area contributed by atoms with Crippen LogP contribution in [0.4, 0.5) is 0 Å². The van der Waals surface area contributed by atoms with Crippen LogP contribution < -0.4 is 16.0 Å². The van der Waals surface area contributed by atoms with Gasteiger partial charge in [0.2, 0.25) is 5.91 Å². The van der Waals surface area contributed by atoms with Crippen LogP contribution in [0.25, 0.3) is 0 Å². The fraction of sp³-hybridized carbons (Fsp3) is 0.600. The van der Waals surface area contributed by atoms with Crippen molar-refractivity contribution in [3.05, 3.63) is 40.0 Å². The van der Waals surface area contributed by atoms with Crippen LogP contribution in [0.5, 0.6) is 0 Å². The molecule has 2 bridgehead atoms. The van der Waals surface area contributed by atoms with E-state index in [-0.39, 0.29) is 35.4 Å². The van der Waals surface area contributed by atoms with Gasteiger partial charge in [-0.05, 0) is 31.3 Å². The average molecular weight is 621 g/mol. The van der Waals surface area contributed by atoms with Crippen molar-refractivity contribution in [2.45, 2.75) is 105 Å². The van der Waals surface area contributed by atoms with Crippen molar-refractivity contribution in [2.75, 3.05) is 5.75 Å². The first-order valence-electron chi connectivity index (χ1n) is 14.5. The van der Waals surface area contributed by atoms with Crippen LogP contribution in [-0.4, -0.2) is 51.7 Å². The Hall–Kier alpha value is -2.99. The molecule has 0 saturated carbocycles. The number of esters is 1. The summed E-state index contributed by atoms with van der Waals surface area (Å²) in [5.41, 5.74) is -0.653. The molecule has 0 radical (unpaired) electrons. The summed E-state index contributed by atoms with van der Waals surface area (Å²) in [6.45, 7) is 9.18. The summed E-state index contributed by atoms with van der Waals surface area (Å²) in [7, 11) is 0. The number of hydrogen-bond donors (Lipinski definition) is 3. The van der Waals surface area contributed by atoms with Crippen molar-refractivity contribution in [1.29, 1.82) is 0 Å². The van der Waals surface area contributed by atoms with E-state index in [0.717, 1.165) is 19.3 Å². The van der Waals surface area contributed by atoms with Gasteiger partial charge in [0.1, 0.15) is 28.5 Å². The highest BCUT2D eigenvalue weighted by Gasteiger charge is 2.36. The SMILES string of the molecule is CC=C1NC(=O)c2csc(n2)CNC(=O)C[C@@H](C=CCCSC(=O)CCCCCCC)OC(=O)[C@H](C(C)(C)C)NC1=O. The summed E-state index contributed by atoms with van der Waals surface area (Å²) in [4.78, 5) is 68.3. The summed E-state index contributed by atoms with van der Waals surface area (Å²) < 4.78 is 5.75. The van der Waals surface area contributed by atoms with E-state index in [1.807, 2.05) is 0 Å². The fourth-order valence-electron chi connectivity index (χ4n) is 4.01. The third kappa shape index (κ3) is 12.5. The lowest BCUT2D eigenvalue weighted by Gasteiger charge is -2.31. The summed E-state index contributed by atoms with van der Waals surface area (Å²) in [6, 6.07) is -1.07. The van der Waals surface area contributed by atoms with Gasteiger partial charge in [0.25, 0.3) is 11.8 Å². The number of rotatable bonds is 10. The molecule has 1 aliphatic rings. The summed E-state index contributed by atoms with van der Waals surface area (Å²) in [6.07, 6.45) is 10.5. The molecule has 12 heteroatoms. The number of fused-ring (bicyclic) bond motifs is 2. The predicted molar refractivity (Wildman–Crippen MR) is 166 cm³/mol. The Balaban J connectivity index is 2.14. The van der Waals surface area contributed by atoms with E-state index < -0.39 is 35.3 Å². The zero-order valence-corrected chi connectivity index (χ0v) is 26.9. The molecule has 1 aromatic heterocycles. The second-order valence-corrected chi connectivity index (χ2v) is 13.2. The minimum absolute atomic E-state index is 0.0264. The third-order valence-electron chi connectivity index (χ3n) is 6.42. The topological polar surface area (TPSA) is 144 Å². The first-order valence-corrected chi connectivity index (χ1v) is 16.3. The van der Waals surface area contributed by atoms with Crippen molar-refractivity contribution in [3.8, 4) is 0 Å². The Morgan fingerprint density at radius 3 is 2.57 bits per heavy atom. The van der Waals surface area contributed by atoms with E-state index in [2.05, 4.69) is 27.9 Å². The van der Waals surface area contributed by atoms with Crippen LogP contribution >= 0.6 is 23.1 Å². The van der Waals surface area contributed by atoms with Crippen LogP contribution in [0.2, 0.25) is 0 Å². The molecule has 0 fully saturated rings. The van der Waals surface area contributed by atoms with Crippen molar-refractivity contribution in [2.24, 2.45) is 5.41 Å². The molecule has 10 nitrogen and oxygen atoms in total. The molecule has 1 aromatic rings. The second-order valence-electron chi connectivity index (χ2n) is 11.1. The number of aromatic nitrogens is 1. The van der Waals surface area contributed by atoms with Crippen LogP contribution in [-0.2, 0) is 30.5 Å². The smallest absolute Gasteiger partial charge is 0.329 e. The lowest BCUT2D eigenvalue weighted by atomic mass is 9.86. The number of carbonyl (C=O) groups is 5. The van der Waals surface area contributed by atoms with Gasteiger partial charge in [-0.3, -0.25) is 19.2 Å². The summed E-state index contributed by atoms with van der Waals surface area (Å²) in [5, 5.41) is 10.2. The van der Waals surface area contributed by atoms with Gasteiger partial charge in [-0.15, -0.1) is 11.3 Å². The Bertz CT molecular complexity index is 1150. The molecular weight excluding hydrogens is 576 g/mol. The molecule has 2 atom stereocenters. The van der Waals surface area contributed by atoms with E-state index in [1.54, 1.807) is 45.2 Å². The van der Waals surface area contributed by atoms with E-state index in [0.29, 0.717) is 23.6 Å². The molecular formula is C30H44N4O6S2. The highest BCUT2D eigenvalue weighted by molar-refractivity contribution is 8.13. The molecule has 2 rings (SSSR count). The number of thiazole rings is 1. The number of nitrogens with zero attached hydrogens (tertiary/aromatic N) is 1. The monoisotopic (exact) mass is 620 g/mol. The van der Waals surface area contributed by atoms with E-state index in [9.17, 15) is 24.0 Å². The maximum absolute atomic E-state index is 13.3. The van der Waals surface area contributed by atoms with E-state index in [4.69, 9.17) is 4.74 Å². The van der Waals surface area contributed by atoms with Crippen LogP contribution in [0.15, 0.2) is 29.3 Å². The number of hydrogen-bond acceptors (Lipinski definition) is 9. The molecule has 0 aliphatic carbocycles. The van der Waals surface area contributed by atoms with Gasteiger partial charge >= 0.3 is 5.97 Å². The Labute approximate surface area is 256 Å². The first-order chi connectivity index (χ1) is 19.9. The van der Waals surface area contributed by atoms with E-state index >= 15 is 0 Å². The lowest BCUT2D eigenvalue weighted by Crippen LogP contribution is -2.52. The molecule has 1 aliphatic heterocycles. The highest BCUT2D eigenvalue weighted by Crippen LogP contribution is 2.22. The van der Waals surface area contributed by atoms with Crippen LogP contribution in [0.3, 0.4) is 0 Å². The average Bonchev–Trinajstić information content (AvgIpc) is 3.41. The van der Waals surface area contributed by atoms with Crippen LogP contribution in [0.1, 0.15) is 101 Å². The Kier molecular flexibility index (Phi) is 15.0. The first kappa shape index (κ1) is 35.2. The van der Waals surface area contributed by atoms with Gasteiger partial charge in [-0.2, -0.15) is 0 Å². The van der Waals surface area contributed by atoms with Crippen molar-refractivity contribution in [3.63, 3.8) is 0 Å². The van der Waals surface area contributed by atoms with Gasteiger partial charge < -0.3 is 20.7 Å². The summed E-state index contributed by atoms with van der Waals surface area (Å²) >= 11 is 2.49. The maximum atomic E-state index is 13.3. The van der Waals surface area contributed by atoms with Gasteiger partial charge in [-0.25, -0.2) is 9.78 Å². The van der Waals surface area contributed by atoms with Crippen molar-refractivity contribution >= 4 is 51.9 Å². The standard InChI is InChI=1S/C30H44N4O6S2/c1-6-8-9-10-11-15-25(36)41-16-13-12-14-20-17-23(35)31-18-24-32-22(19-42-24)28(38)33-21(7-2)27(37)34-26(29(39)40-20)30(3,4)5/h7,12,14,19-20,26H,6,8-11,13,15-18H2,1-5H3,(H,31,35)(H,33,38)(H,34,37)/t20-,26-/m1/s1. The number of amides is 3. The number of unbranched alkanes of at least 4 members (excludes halogenated alkanes) is 4. The molecule has 3 N–H and O–H groups in total. The number of cyclic esters (lactones) is 1. The summed E-state index contributed by atoms with van der Waals surface area (Å²) in [5.74, 6) is -1.72. The molecule has 3 amide bonds. The molecule has 0 saturated heterocycles. The third-order valence-corrected chi connectivity index (χ3v) is 8.23. The predicted octanol–water partition coefficient (Wildman–Crippen LogP) is 4.81. The fourth-order valence-corrected chi connectivity index (χ4v) is 5.49. The number of carbonyl (C=O) groups excluding carboxylic acids is 5. The van der Waals surface area contributed by atoms with Gasteiger partial charge in [0, 0.05) is 17.6 Å².